The second-order valence-corrected chi connectivity index (χ2v) is 7.11. The van der Waals surface area contributed by atoms with Crippen LogP contribution in [0.5, 0.6) is 5.75 Å². The van der Waals surface area contributed by atoms with Crippen molar-refractivity contribution >= 4 is 22.8 Å². The minimum atomic E-state index is -0.929. The maximum atomic E-state index is 12.4. The lowest BCUT2D eigenvalue weighted by atomic mass is 9.99. The van der Waals surface area contributed by atoms with E-state index in [2.05, 4.69) is 10.3 Å². The fraction of sp³-hybridized carbons (Fsp3) is 0.304. The smallest absolute Gasteiger partial charge is 0.308 e. The van der Waals surface area contributed by atoms with E-state index in [4.69, 9.17) is 4.74 Å². The van der Waals surface area contributed by atoms with Crippen LogP contribution in [0.1, 0.15) is 23.6 Å². The van der Waals surface area contributed by atoms with Crippen molar-refractivity contribution in [2.45, 2.75) is 26.7 Å². The van der Waals surface area contributed by atoms with Crippen LogP contribution in [0.15, 0.2) is 48.7 Å². The minimum Gasteiger partial charge on any atom is -0.494 e. The van der Waals surface area contributed by atoms with Gasteiger partial charge < -0.3 is 20.1 Å². The predicted octanol–water partition coefficient (Wildman–Crippen LogP) is 3.48. The Morgan fingerprint density at radius 2 is 1.93 bits per heavy atom. The third-order valence-corrected chi connectivity index (χ3v) is 4.97. The monoisotopic (exact) mass is 394 g/mol. The first-order valence-corrected chi connectivity index (χ1v) is 9.74. The van der Waals surface area contributed by atoms with E-state index in [0.717, 1.165) is 33.3 Å². The lowest BCUT2D eigenvalue weighted by molar-refractivity contribution is -0.141. The summed E-state index contributed by atoms with van der Waals surface area (Å²) in [5.41, 5.74) is 3.94. The number of carboxylic acid groups (broad SMARTS) is 1. The number of aromatic nitrogens is 1. The Hall–Kier alpha value is -3.28. The fourth-order valence-electron chi connectivity index (χ4n) is 3.40. The normalized spacial score (nSPS) is 11.9. The zero-order chi connectivity index (χ0) is 20.8. The summed E-state index contributed by atoms with van der Waals surface area (Å²) in [5, 5.41) is 13.3. The highest BCUT2D eigenvalue weighted by atomic mass is 16.5. The molecule has 1 heterocycles. The summed E-state index contributed by atoms with van der Waals surface area (Å²) in [6, 6.07) is 13.3. The highest BCUT2D eigenvalue weighted by molar-refractivity contribution is 5.90. The molecular weight excluding hydrogens is 368 g/mol. The van der Waals surface area contributed by atoms with Crippen molar-refractivity contribution in [3.05, 3.63) is 65.4 Å². The summed E-state index contributed by atoms with van der Waals surface area (Å²) in [6.07, 6.45) is 2.39. The quantitative estimate of drug-likeness (QED) is 0.518. The van der Waals surface area contributed by atoms with E-state index in [9.17, 15) is 14.7 Å². The van der Waals surface area contributed by atoms with Crippen molar-refractivity contribution < 1.29 is 19.4 Å². The van der Waals surface area contributed by atoms with Crippen molar-refractivity contribution in [3.8, 4) is 5.75 Å². The number of ether oxygens (including phenoxy) is 1. The fourth-order valence-corrected chi connectivity index (χ4v) is 3.40. The SMILES string of the molecule is CCOc1ccc(CC(CNC(=O)Cc2c[nH]c3c(C)cccc23)C(=O)O)cc1. The summed E-state index contributed by atoms with van der Waals surface area (Å²) in [5.74, 6) is -1.06. The number of carboxylic acids is 1. The number of nitrogens with one attached hydrogen (secondary N) is 2. The molecule has 0 bridgehead atoms. The first kappa shape index (κ1) is 20.5. The average Bonchev–Trinajstić information content (AvgIpc) is 3.10. The molecule has 6 heteroatoms. The summed E-state index contributed by atoms with van der Waals surface area (Å²) < 4.78 is 5.40. The number of para-hydroxylation sites is 1. The van der Waals surface area contributed by atoms with Crippen LogP contribution in [-0.4, -0.2) is 35.1 Å². The van der Waals surface area contributed by atoms with Gasteiger partial charge in [-0.15, -0.1) is 0 Å². The van der Waals surface area contributed by atoms with Gasteiger partial charge in [-0.3, -0.25) is 9.59 Å². The second kappa shape index (κ2) is 9.28. The second-order valence-electron chi connectivity index (χ2n) is 7.11. The molecule has 152 valence electrons. The van der Waals surface area contributed by atoms with E-state index in [1.54, 1.807) is 0 Å². The summed E-state index contributed by atoms with van der Waals surface area (Å²) in [6.45, 7) is 4.59. The minimum absolute atomic E-state index is 0.0861. The lowest BCUT2D eigenvalue weighted by Gasteiger charge is -2.14. The number of amides is 1. The van der Waals surface area contributed by atoms with Crippen molar-refractivity contribution in [1.82, 2.24) is 10.3 Å². The molecule has 0 fully saturated rings. The number of rotatable bonds is 9. The van der Waals surface area contributed by atoms with Crippen LogP contribution < -0.4 is 10.1 Å². The van der Waals surface area contributed by atoms with Gasteiger partial charge in [-0.2, -0.15) is 0 Å². The van der Waals surface area contributed by atoms with Gasteiger partial charge >= 0.3 is 5.97 Å². The number of aryl methyl sites for hydroxylation is 1. The summed E-state index contributed by atoms with van der Waals surface area (Å²) >= 11 is 0. The third-order valence-electron chi connectivity index (χ3n) is 4.97. The molecule has 0 radical (unpaired) electrons. The van der Waals surface area contributed by atoms with Crippen LogP contribution in [0.25, 0.3) is 10.9 Å². The largest absolute Gasteiger partial charge is 0.494 e. The Labute approximate surface area is 169 Å². The van der Waals surface area contributed by atoms with Gasteiger partial charge in [0, 0.05) is 23.6 Å². The average molecular weight is 394 g/mol. The predicted molar refractivity (Wildman–Crippen MR) is 112 cm³/mol. The van der Waals surface area contributed by atoms with Gasteiger partial charge in [0.2, 0.25) is 5.91 Å². The van der Waals surface area contributed by atoms with Crippen LogP contribution in [0.4, 0.5) is 0 Å². The Balaban J connectivity index is 1.58. The van der Waals surface area contributed by atoms with E-state index in [-0.39, 0.29) is 18.9 Å². The Morgan fingerprint density at radius 1 is 1.17 bits per heavy atom. The van der Waals surface area contributed by atoms with Gasteiger partial charge in [0.15, 0.2) is 0 Å². The Kier molecular flexibility index (Phi) is 6.54. The Bertz CT molecular complexity index is 992. The van der Waals surface area contributed by atoms with Gasteiger partial charge in [-0.05, 0) is 49.1 Å². The van der Waals surface area contributed by atoms with Gasteiger partial charge in [-0.25, -0.2) is 0 Å². The van der Waals surface area contributed by atoms with Crippen LogP contribution in [-0.2, 0) is 22.4 Å². The number of carbonyl (C=O) groups is 2. The zero-order valence-corrected chi connectivity index (χ0v) is 16.7. The molecule has 0 spiro atoms. The van der Waals surface area contributed by atoms with Crippen molar-refractivity contribution in [2.75, 3.05) is 13.2 Å². The molecule has 1 amide bonds. The van der Waals surface area contributed by atoms with Crippen molar-refractivity contribution in [3.63, 3.8) is 0 Å². The van der Waals surface area contributed by atoms with Gasteiger partial charge in [0.05, 0.1) is 18.9 Å². The lowest BCUT2D eigenvalue weighted by Crippen LogP contribution is -2.34. The molecule has 6 nitrogen and oxygen atoms in total. The highest BCUT2D eigenvalue weighted by Crippen LogP contribution is 2.21. The highest BCUT2D eigenvalue weighted by Gasteiger charge is 2.19. The van der Waals surface area contributed by atoms with Crippen LogP contribution in [0.2, 0.25) is 0 Å². The van der Waals surface area contributed by atoms with Crippen molar-refractivity contribution in [1.29, 1.82) is 0 Å². The molecule has 1 unspecified atom stereocenters. The molecule has 0 aliphatic rings. The molecule has 0 saturated heterocycles. The zero-order valence-electron chi connectivity index (χ0n) is 16.7. The number of hydrogen-bond donors (Lipinski definition) is 3. The maximum absolute atomic E-state index is 12.4. The van der Waals surface area contributed by atoms with E-state index >= 15 is 0 Å². The number of aromatic amines is 1. The topological polar surface area (TPSA) is 91.4 Å². The first-order chi connectivity index (χ1) is 14.0. The van der Waals surface area contributed by atoms with E-state index in [0.29, 0.717) is 13.0 Å². The number of aliphatic carboxylic acids is 1. The molecule has 0 aliphatic heterocycles. The molecule has 29 heavy (non-hydrogen) atoms. The first-order valence-electron chi connectivity index (χ1n) is 9.74. The molecule has 3 aromatic rings. The summed E-state index contributed by atoms with van der Waals surface area (Å²) in [7, 11) is 0. The third kappa shape index (κ3) is 5.16. The molecule has 3 rings (SSSR count). The Morgan fingerprint density at radius 3 is 2.62 bits per heavy atom. The van der Waals surface area contributed by atoms with Gasteiger partial charge in [0.1, 0.15) is 5.75 Å². The van der Waals surface area contributed by atoms with Crippen LogP contribution in [0.3, 0.4) is 0 Å². The van der Waals surface area contributed by atoms with E-state index in [1.165, 1.54) is 0 Å². The molecule has 1 atom stereocenters. The maximum Gasteiger partial charge on any atom is 0.308 e. The molecule has 1 aromatic heterocycles. The number of benzene rings is 2. The van der Waals surface area contributed by atoms with Crippen LogP contribution in [0, 0.1) is 12.8 Å². The number of carbonyl (C=O) groups excluding carboxylic acids is 1. The van der Waals surface area contributed by atoms with E-state index in [1.807, 2.05) is 62.5 Å². The molecule has 2 aromatic carbocycles. The van der Waals surface area contributed by atoms with Gasteiger partial charge in [0.25, 0.3) is 0 Å². The van der Waals surface area contributed by atoms with Crippen LogP contribution >= 0.6 is 0 Å². The number of fused-ring (bicyclic) bond motifs is 1. The molecule has 3 N–H and O–H groups in total. The standard InChI is InChI=1S/C23H26N2O4/c1-3-29-19-9-7-16(8-10-19)11-18(23(27)28)14-24-21(26)12-17-13-25-22-15(2)5-4-6-20(17)22/h4-10,13,18,25H,3,11-12,14H2,1-2H3,(H,24,26)(H,27,28). The van der Waals surface area contributed by atoms with Gasteiger partial charge in [-0.1, -0.05) is 30.3 Å². The van der Waals surface area contributed by atoms with E-state index < -0.39 is 11.9 Å². The molecule has 0 aliphatic carbocycles. The molecular formula is C23H26N2O4. The van der Waals surface area contributed by atoms with Crippen molar-refractivity contribution in [2.24, 2.45) is 5.92 Å². The number of hydrogen-bond acceptors (Lipinski definition) is 3. The molecule has 0 saturated carbocycles. The number of H-pyrrole nitrogens is 1. The summed E-state index contributed by atoms with van der Waals surface area (Å²) in [4.78, 5) is 27.2.